The fourth-order valence-corrected chi connectivity index (χ4v) is 1.16. The second-order valence-corrected chi connectivity index (χ2v) is 2.83. The Hall–Kier alpha value is -1.50. The van der Waals surface area contributed by atoms with E-state index >= 15 is 0 Å². The molecule has 0 saturated carbocycles. The Balaban J connectivity index is 3.13. The molecule has 6 heteroatoms. The molecule has 0 aliphatic heterocycles. The Morgan fingerprint density at radius 2 is 2.36 bits per heavy atom. The minimum Gasteiger partial charge on any atom is -0.362 e. The lowest BCUT2D eigenvalue weighted by Crippen LogP contribution is -1.90. The molecule has 1 aromatic carbocycles. The highest BCUT2D eigenvalue weighted by Gasteiger charge is 2.09. The van der Waals surface area contributed by atoms with E-state index in [4.69, 9.17) is 11.1 Å². The fraction of sp³-hybridized carbons (Fsp3) is 0.125. The summed E-state index contributed by atoms with van der Waals surface area (Å²) < 4.78 is 4.77. The van der Waals surface area contributed by atoms with Crippen molar-refractivity contribution >= 4 is 20.8 Å². The number of non-ortho nitro benzene ring substituents is 1. The van der Waals surface area contributed by atoms with Crippen LogP contribution in [0, 0.1) is 16.7 Å². The molecule has 0 N–H and O–H groups in total. The number of nitro groups is 1. The van der Waals surface area contributed by atoms with Crippen LogP contribution in [0.4, 0.5) is 11.4 Å². The van der Waals surface area contributed by atoms with Gasteiger partial charge in [0.1, 0.15) is 0 Å². The minimum absolute atomic E-state index is 0.0801. The summed E-state index contributed by atoms with van der Waals surface area (Å²) >= 11 is 0. The van der Waals surface area contributed by atoms with E-state index in [0.29, 0.717) is 5.56 Å². The maximum Gasteiger partial charge on any atom is 0.259 e. The lowest BCUT2D eigenvalue weighted by molar-refractivity contribution is -0.384. The Labute approximate surface area is 82.9 Å². The van der Waals surface area contributed by atoms with Gasteiger partial charge in [0.15, 0.2) is 5.69 Å². The molecule has 14 heavy (non-hydrogen) atoms. The number of nitrogens with zero attached hydrogens (tertiary/aromatic N) is 2. The van der Waals surface area contributed by atoms with Gasteiger partial charge in [0.2, 0.25) is 0 Å². The minimum atomic E-state index is -0.528. The average molecular weight is 210 g/mol. The summed E-state index contributed by atoms with van der Waals surface area (Å²) in [6.07, 6.45) is 0. The Kier molecular flexibility index (Phi) is 3.52. The Morgan fingerprint density at radius 1 is 1.64 bits per heavy atom. The van der Waals surface area contributed by atoms with E-state index < -0.39 is 4.92 Å². The summed E-state index contributed by atoms with van der Waals surface area (Å²) in [5.41, 5.74) is 0.811. The molecule has 0 fully saturated rings. The second-order valence-electron chi connectivity index (χ2n) is 2.49. The van der Waals surface area contributed by atoms with E-state index in [-0.39, 0.29) is 18.0 Å². The van der Waals surface area contributed by atoms with Crippen molar-refractivity contribution in [3.63, 3.8) is 0 Å². The van der Waals surface area contributed by atoms with Gasteiger partial charge in [-0.05, 0) is 5.56 Å². The van der Waals surface area contributed by atoms with E-state index in [1.807, 2.05) is 0 Å². The zero-order chi connectivity index (χ0) is 10.6. The molecule has 0 spiro atoms. The van der Waals surface area contributed by atoms with Crippen LogP contribution in [0.2, 0.25) is 0 Å². The molecule has 0 amide bonds. The molecule has 0 aromatic heterocycles. The fourth-order valence-electron chi connectivity index (χ4n) is 0.982. The summed E-state index contributed by atoms with van der Waals surface area (Å²) in [5.74, 6) is 0. The molecule has 1 atom stereocenters. The molecular weight excluding hydrogens is 203 g/mol. The van der Waals surface area contributed by atoms with Gasteiger partial charge < -0.3 is 4.52 Å². The van der Waals surface area contributed by atoms with E-state index in [0.717, 1.165) is 0 Å². The van der Waals surface area contributed by atoms with Gasteiger partial charge in [0.05, 0.1) is 18.1 Å². The summed E-state index contributed by atoms with van der Waals surface area (Å²) in [5, 5.41) is 10.4. The van der Waals surface area contributed by atoms with Crippen molar-refractivity contribution in [2.75, 3.05) is 0 Å². The lowest BCUT2D eigenvalue weighted by atomic mass is 10.2. The first-order chi connectivity index (χ1) is 6.69. The van der Waals surface area contributed by atoms with Gasteiger partial charge in [-0.1, -0.05) is 6.07 Å². The standard InChI is InChI=1S/C8H7N2O3P/c1-9-8-4-7(10(11)12)3-2-6(8)5-13-14/h2-4H,5,14H2. The van der Waals surface area contributed by atoms with E-state index in [2.05, 4.69) is 14.3 Å². The average Bonchev–Trinajstić information content (AvgIpc) is 2.18. The van der Waals surface area contributed by atoms with Crippen LogP contribution in [0.15, 0.2) is 18.2 Å². The number of hydrogen-bond donors (Lipinski definition) is 0. The molecule has 0 radical (unpaired) electrons. The van der Waals surface area contributed by atoms with E-state index in [1.165, 1.54) is 18.2 Å². The molecule has 0 saturated heterocycles. The van der Waals surface area contributed by atoms with Crippen molar-refractivity contribution in [3.05, 3.63) is 45.3 Å². The Bertz CT molecular complexity index is 400. The van der Waals surface area contributed by atoms with Crippen LogP contribution in [-0.4, -0.2) is 4.92 Å². The van der Waals surface area contributed by atoms with Crippen molar-refractivity contribution in [1.29, 1.82) is 0 Å². The molecule has 0 aliphatic carbocycles. The normalized spacial score (nSPS) is 9.43. The van der Waals surface area contributed by atoms with Gasteiger partial charge in [-0.15, -0.1) is 0 Å². The zero-order valence-electron chi connectivity index (χ0n) is 7.14. The van der Waals surface area contributed by atoms with Gasteiger partial charge in [0, 0.05) is 21.6 Å². The molecule has 5 nitrogen and oxygen atoms in total. The highest BCUT2D eigenvalue weighted by atomic mass is 31.0. The number of hydrogen-bond acceptors (Lipinski definition) is 3. The van der Waals surface area contributed by atoms with Crippen molar-refractivity contribution in [3.8, 4) is 0 Å². The molecule has 1 unspecified atom stereocenters. The van der Waals surface area contributed by atoms with Crippen molar-refractivity contribution in [2.24, 2.45) is 0 Å². The third-order valence-corrected chi connectivity index (χ3v) is 1.81. The largest absolute Gasteiger partial charge is 0.362 e. The highest BCUT2D eigenvalue weighted by Crippen LogP contribution is 2.26. The summed E-state index contributed by atoms with van der Waals surface area (Å²) in [6, 6.07) is 4.12. The van der Waals surface area contributed by atoms with Gasteiger partial charge in [-0.2, -0.15) is 0 Å². The zero-order valence-corrected chi connectivity index (χ0v) is 8.29. The van der Waals surface area contributed by atoms with E-state index in [1.54, 1.807) is 0 Å². The summed E-state index contributed by atoms with van der Waals surface area (Å²) in [4.78, 5) is 13.1. The molecule has 1 rings (SSSR count). The van der Waals surface area contributed by atoms with Crippen LogP contribution in [0.1, 0.15) is 5.56 Å². The first-order valence-corrected chi connectivity index (χ1v) is 4.12. The van der Waals surface area contributed by atoms with Gasteiger partial charge in [-0.3, -0.25) is 10.1 Å². The monoisotopic (exact) mass is 210 g/mol. The number of nitro benzene ring substituents is 1. The van der Waals surface area contributed by atoms with Crippen LogP contribution < -0.4 is 0 Å². The quantitative estimate of drug-likeness (QED) is 0.333. The maximum atomic E-state index is 10.4. The first kappa shape index (κ1) is 10.6. The van der Waals surface area contributed by atoms with Crippen molar-refractivity contribution in [2.45, 2.75) is 6.61 Å². The maximum absolute atomic E-state index is 10.4. The topological polar surface area (TPSA) is 56.7 Å². The first-order valence-electron chi connectivity index (χ1n) is 3.65. The molecule has 0 bridgehead atoms. The van der Waals surface area contributed by atoms with Gasteiger partial charge >= 0.3 is 0 Å². The third-order valence-electron chi connectivity index (χ3n) is 1.64. The predicted molar refractivity (Wildman–Crippen MR) is 53.9 cm³/mol. The number of rotatable bonds is 3. The molecular formula is C8H7N2O3P. The summed E-state index contributed by atoms with van der Waals surface area (Å²) in [6.45, 7) is 7.09. The molecule has 72 valence electrons. The number of benzene rings is 1. The van der Waals surface area contributed by atoms with Crippen LogP contribution in [0.3, 0.4) is 0 Å². The van der Waals surface area contributed by atoms with Crippen molar-refractivity contribution < 1.29 is 9.45 Å². The van der Waals surface area contributed by atoms with Gasteiger partial charge in [-0.25, -0.2) is 4.85 Å². The predicted octanol–water partition coefficient (Wildman–Crippen LogP) is 2.45. The van der Waals surface area contributed by atoms with E-state index in [9.17, 15) is 10.1 Å². The van der Waals surface area contributed by atoms with Gasteiger partial charge in [0.25, 0.3) is 5.69 Å². The Morgan fingerprint density at radius 3 is 2.86 bits per heavy atom. The van der Waals surface area contributed by atoms with Crippen LogP contribution in [-0.2, 0) is 11.1 Å². The lowest BCUT2D eigenvalue weighted by Gasteiger charge is -2.01. The summed E-state index contributed by atoms with van der Waals surface area (Å²) in [7, 11) is 2.07. The van der Waals surface area contributed by atoms with Crippen LogP contribution >= 0.6 is 9.47 Å². The molecule has 0 heterocycles. The SMILES string of the molecule is [C-]#[N+]c1cc([N+](=O)[O-])ccc1COP. The van der Waals surface area contributed by atoms with Crippen LogP contribution in [0.25, 0.3) is 4.85 Å². The smallest absolute Gasteiger partial charge is 0.259 e. The third kappa shape index (κ3) is 2.25. The molecule has 0 aliphatic rings. The van der Waals surface area contributed by atoms with Crippen molar-refractivity contribution in [1.82, 2.24) is 0 Å². The van der Waals surface area contributed by atoms with Crippen LogP contribution in [0.5, 0.6) is 0 Å². The second kappa shape index (κ2) is 4.66. The molecule has 1 aromatic rings. The highest BCUT2D eigenvalue weighted by molar-refractivity contribution is 7.09.